The Hall–Kier alpha value is -2.36. The van der Waals surface area contributed by atoms with Gasteiger partial charge in [-0.05, 0) is 49.4 Å². The van der Waals surface area contributed by atoms with Crippen LogP contribution in [0.3, 0.4) is 0 Å². The lowest BCUT2D eigenvalue weighted by Gasteiger charge is -2.28. The lowest BCUT2D eigenvalue weighted by atomic mass is 10.1. The summed E-state index contributed by atoms with van der Waals surface area (Å²) in [5.41, 5.74) is 3.33. The Morgan fingerprint density at radius 3 is 2.61 bits per heavy atom. The molecule has 0 spiro atoms. The van der Waals surface area contributed by atoms with Gasteiger partial charge in [-0.25, -0.2) is 4.98 Å². The molecule has 0 atom stereocenters. The second-order valence-corrected chi connectivity index (χ2v) is 6.10. The maximum absolute atomic E-state index is 12.2. The number of benzene rings is 1. The lowest BCUT2D eigenvalue weighted by Crippen LogP contribution is -2.29. The van der Waals surface area contributed by atoms with Crippen molar-refractivity contribution in [3.05, 3.63) is 53.7 Å². The molecule has 23 heavy (non-hydrogen) atoms. The molecule has 0 unspecified atom stereocenters. The number of hydrogen-bond acceptors (Lipinski definition) is 3. The number of nitrogens with one attached hydrogen (secondary N) is 1. The maximum Gasteiger partial charge on any atom is 0.229 e. The fourth-order valence-electron chi connectivity index (χ4n) is 2.97. The van der Waals surface area contributed by atoms with Crippen LogP contribution >= 0.6 is 0 Å². The van der Waals surface area contributed by atoms with E-state index in [4.69, 9.17) is 0 Å². The third-order valence-electron chi connectivity index (χ3n) is 4.35. The first-order valence-electron chi connectivity index (χ1n) is 8.28. The average molecular weight is 309 g/mol. The van der Waals surface area contributed by atoms with Crippen molar-refractivity contribution in [1.82, 2.24) is 4.98 Å². The van der Waals surface area contributed by atoms with Crippen LogP contribution in [0.15, 0.2) is 42.6 Å². The topological polar surface area (TPSA) is 45.2 Å². The Labute approximate surface area is 137 Å². The van der Waals surface area contributed by atoms with E-state index in [1.807, 2.05) is 49.5 Å². The number of carbonyl (C=O) groups is 1. The summed E-state index contributed by atoms with van der Waals surface area (Å²) in [7, 11) is 0. The molecule has 1 amide bonds. The van der Waals surface area contributed by atoms with Gasteiger partial charge in [0.25, 0.3) is 0 Å². The molecule has 0 bridgehead atoms. The SMILES string of the molecule is Cc1ccccc1CC(=O)Nc1ccc(N2CCCCC2)cn1. The summed E-state index contributed by atoms with van der Waals surface area (Å²) in [6.07, 6.45) is 6.04. The minimum absolute atomic E-state index is 0.0301. The van der Waals surface area contributed by atoms with Crippen LogP contribution < -0.4 is 10.2 Å². The van der Waals surface area contributed by atoms with E-state index in [1.54, 1.807) is 0 Å². The van der Waals surface area contributed by atoms with Crippen LogP contribution in [0.2, 0.25) is 0 Å². The van der Waals surface area contributed by atoms with Crippen molar-refractivity contribution in [3.8, 4) is 0 Å². The van der Waals surface area contributed by atoms with Crippen LogP contribution in [0.4, 0.5) is 11.5 Å². The Morgan fingerprint density at radius 1 is 1.13 bits per heavy atom. The predicted octanol–water partition coefficient (Wildman–Crippen LogP) is 3.56. The van der Waals surface area contributed by atoms with Crippen molar-refractivity contribution in [1.29, 1.82) is 0 Å². The van der Waals surface area contributed by atoms with Crippen molar-refractivity contribution in [2.45, 2.75) is 32.6 Å². The zero-order valence-corrected chi connectivity index (χ0v) is 13.6. The molecule has 1 aromatic carbocycles. The van der Waals surface area contributed by atoms with Crippen LogP contribution in [0.5, 0.6) is 0 Å². The molecule has 1 fully saturated rings. The van der Waals surface area contributed by atoms with Crippen molar-refractivity contribution < 1.29 is 4.79 Å². The first-order chi connectivity index (χ1) is 11.2. The summed E-state index contributed by atoms with van der Waals surface area (Å²) in [5.74, 6) is 0.585. The highest BCUT2D eigenvalue weighted by atomic mass is 16.1. The van der Waals surface area contributed by atoms with Gasteiger partial charge < -0.3 is 10.2 Å². The summed E-state index contributed by atoms with van der Waals surface area (Å²) >= 11 is 0. The van der Waals surface area contributed by atoms with Gasteiger partial charge in [0, 0.05) is 13.1 Å². The highest BCUT2D eigenvalue weighted by molar-refractivity contribution is 5.91. The van der Waals surface area contributed by atoms with Gasteiger partial charge in [0.15, 0.2) is 0 Å². The molecule has 0 saturated carbocycles. The van der Waals surface area contributed by atoms with Crippen molar-refractivity contribution in [2.24, 2.45) is 0 Å². The summed E-state index contributed by atoms with van der Waals surface area (Å²) < 4.78 is 0. The predicted molar refractivity (Wildman–Crippen MR) is 93.8 cm³/mol. The highest BCUT2D eigenvalue weighted by Crippen LogP contribution is 2.20. The number of aryl methyl sites for hydroxylation is 1. The smallest absolute Gasteiger partial charge is 0.229 e. The number of anilines is 2. The summed E-state index contributed by atoms with van der Waals surface area (Å²) in [4.78, 5) is 18.9. The number of pyridine rings is 1. The van der Waals surface area contributed by atoms with E-state index in [2.05, 4.69) is 15.2 Å². The van der Waals surface area contributed by atoms with E-state index in [0.29, 0.717) is 12.2 Å². The van der Waals surface area contributed by atoms with E-state index in [0.717, 1.165) is 29.9 Å². The molecule has 4 heteroatoms. The molecule has 2 heterocycles. The molecule has 2 aromatic rings. The lowest BCUT2D eigenvalue weighted by molar-refractivity contribution is -0.115. The quantitative estimate of drug-likeness (QED) is 0.939. The minimum atomic E-state index is -0.0301. The molecule has 1 aromatic heterocycles. The summed E-state index contributed by atoms with van der Waals surface area (Å²) in [6.45, 7) is 4.22. The second-order valence-electron chi connectivity index (χ2n) is 6.10. The van der Waals surface area contributed by atoms with Crippen molar-refractivity contribution >= 4 is 17.4 Å². The van der Waals surface area contributed by atoms with Gasteiger partial charge >= 0.3 is 0 Å². The molecule has 1 aliphatic rings. The molecule has 3 rings (SSSR count). The van der Waals surface area contributed by atoms with Crippen LogP contribution in [0, 0.1) is 6.92 Å². The molecule has 4 nitrogen and oxygen atoms in total. The molecule has 0 radical (unpaired) electrons. The number of nitrogens with zero attached hydrogens (tertiary/aromatic N) is 2. The number of aromatic nitrogens is 1. The fraction of sp³-hybridized carbons (Fsp3) is 0.368. The van der Waals surface area contributed by atoms with E-state index in [1.165, 1.54) is 19.3 Å². The number of amides is 1. The Kier molecular flexibility index (Phi) is 4.91. The zero-order chi connectivity index (χ0) is 16.1. The van der Waals surface area contributed by atoms with E-state index < -0.39 is 0 Å². The van der Waals surface area contributed by atoms with Crippen LogP contribution in [-0.4, -0.2) is 24.0 Å². The number of rotatable bonds is 4. The van der Waals surface area contributed by atoms with Crippen LogP contribution in [0.25, 0.3) is 0 Å². The third kappa shape index (κ3) is 4.09. The van der Waals surface area contributed by atoms with Crippen LogP contribution in [-0.2, 0) is 11.2 Å². The largest absolute Gasteiger partial charge is 0.370 e. The molecule has 1 N–H and O–H groups in total. The molecular formula is C19H23N3O. The fourth-order valence-corrected chi connectivity index (χ4v) is 2.97. The number of carbonyl (C=O) groups excluding carboxylic acids is 1. The van der Waals surface area contributed by atoms with E-state index in [9.17, 15) is 4.79 Å². The molecular weight excluding hydrogens is 286 g/mol. The van der Waals surface area contributed by atoms with Crippen LogP contribution in [0.1, 0.15) is 30.4 Å². The van der Waals surface area contributed by atoms with Gasteiger partial charge in [0.05, 0.1) is 18.3 Å². The molecule has 1 aliphatic heterocycles. The molecule has 0 aliphatic carbocycles. The Bertz CT molecular complexity index is 661. The monoisotopic (exact) mass is 309 g/mol. The normalized spacial score (nSPS) is 14.6. The van der Waals surface area contributed by atoms with E-state index >= 15 is 0 Å². The van der Waals surface area contributed by atoms with Crippen molar-refractivity contribution in [2.75, 3.05) is 23.3 Å². The molecule has 120 valence electrons. The average Bonchev–Trinajstić information content (AvgIpc) is 2.58. The number of piperidine rings is 1. The minimum Gasteiger partial charge on any atom is -0.370 e. The zero-order valence-electron chi connectivity index (χ0n) is 13.6. The summed E-state index contributed by atoms with van der Waals surface area (Å²) in [5, 5.41) is 2.88. The number of hydrogen-bond donors (Lipinski definition) is 1. The third-order valence-corrected chi connectivity index (χ3v) is 4.35. The first-order valence-corrected chi connectivity index (χ1v) is 8.28. The second kappa shape index (κ2) is 7.27. The van der Waals surface area contributed by atoms with Gasteiger partial charge in [0.2, 0.25) is 5.91 Å². The van der Waals surface area contributed by atoms with Crippen molar-refractivity contribution in [3.63, 3.8) is 0 Å². The first kappa shape index (κ1) is 15.5. The van der Waals surface area contributed by atoms with Gasteiger partial charge in [0.1, 0.15) is 5.82 Å². The van der Waals surface area contributed by atoms with Gasteiger partial charge in [-0.1, -0.05) is 24.3 Å². The van der Waals surface area contributed by atoms with Gasteiger partial charge in [-0.2, -0.15) is 0 Å². The molecule has 1 saturated heterocycles. The standard InChI is InChI=1S/C19H23N3O/c1-15-7-3-4-8-16(15)13-19(23)21-18-10-9-17(14-20-18)22-11-5-2-6-12-22/h3-4,7-10,14H,2,5-6,11-13H2,1H3,(H,20,21,23). The van der Waals surface area contributed by atoms with Gasteiger partial charge in [-0.15, -0.1) is 0 Å². The highest BCUT2D eigenvalue weighted by Gasteiger charge is 2.12. The Morgan fingerprint density at radius 2 is 1.91 bits per heavy atom. The maximum atomic E-state index is 12.2. The Balaban J connectivity index is 1.59. The van der Waals surface area contributed by atoms with E-state index in [-0.39, 0.29) is 5.91 Å². The van der Waals surface area contributed by atoms with Gasteiger partial charge in [-0.3, -0.25) is 4.79 Å². The summed E-state index contributed by atoms with van der Waals surface area (Å²) in [6, 6.07) is 11.9.